The molecule has 0 heterocycles. The molecule has 52 heavy (non-hydrogen) atoms. The molecule has 0 aliphatic heterocycles. The molecule has 0 bridgehead atoms. The molecule has 252 valence electrons. The Morgan fingerprint density at radius 3 is 0.750 bits per heavy atom. The minimum absolute atomic E-state index is 0.694. The van der Waals surface area contributed by atoms with E-state index in [0.29, 0.717) is 21.7 Å². The predicted molar refractivity (Wildman–Crippen MR) is 174 cm³/mol. The second kappa shape index (κ2) is 2.89. The van der Waals surface area contributed by atoms with Crippen molar-refractivity contribution >= 4 is 0 Å². The van der Waals surface area contributed by atoms with Crippen molar-refractivity contribution in [2.45, 2.75) is 69.2 Å². The Kier molecular flexibility index (Phi) is 1.12. The summed E-state index contributed by atoms with van der Waals surface area (Å²) in [6, 6.07) is 0. The van der Waals surface area contributed by atoms with Crippen molar-refractivity contribution in [3.8, 4) is 0 Å². The average molecular weight is 669 g/mol. The highest BCUT2D eigenvalue weighted by Crippen LogP contribution is 3.71. The molecule has 0 aromatic carbocycles. The lowest BCUT2D eigenvalue weighted by Gasteiger charge is -3.68. The van der Waals surface area contributed by atoms with Crippen LogP contribution in [0, 0.1) is 234 Å². The van der Waals surface area contributed by atoms with Crippen LogP contribution in [-0.2, 0) is 0 Å². The van der Waals surface area contributed by atoms with Crippen LogP contribution in [-0.4, -0.2) is 0 Å². The Morgan fingerprint density at radius 2 is 0.423 bits per heavy atom. The summed E-state index contributed by atoms with van der Waals surface area (Å²) in [6.45, 7) is 31.2. The zero-order chi connectivity index (χ0) is 32.1. The van der Waals surface area contributed by atoms with Crippen molar-refractivity contribution in [3.63, 3.8) is 0 Å². The van der Waals surface area contributed by atoms with Gasteiger partial charge in [0.25, 0.3) is 0 Å². The van der Waals surface area contributed by atoms with E-state index in [2.05, 4.69) is 69.2 Å². The molecule has 31 aliphatic carbocycles. The van der Waals surface area contributed by atoms with Gasteiger partial charge in [0.2, 0.25) is 0 Å². The van der Waals surface area contributed by atoms with Crippen LogP contribution < -0.4 is 0 Å². The summed E-state index contributed by atoms with van der Waals surface area (Å²) in [6.07, 6.45) is 0. The molecule has 0 radical (unpaired) electrons. The topological polar surface area (TPSA) is 0 Å². The summed E-state index contributed by atoms with van der Waals surface area (Å²) < 4.78 is 0. The summed E-state index contributed by atoms with van der Waals surface area (Å²) in [5.74, 6) is 17.4. The normalized spacial score (nSPS) is 133. The van der Waals surface area contributed by atoms with Gasteiger partial charge in [-0.05, 0) is 234 Å². The zero-order valence-electron chi connectivity index (χ0n) is 32.1. The zero-order valence-corrected chi connectivity index (χ0v) is 32.1. The average Bonchev–Trinajstić information content (AvgIpc) is 3.04. The van der Waals surface area contributed by atoms with Crippen LogP contribution >= 0.6 is 0 Å². The molecule has 0 saturated heterocycles. The van der Waals surface area contributed by atoms with E-state index in [1.54, 1.807) is 0 Å². The van der Waals surface area contributed by atoms with Crippen molar-refractivity contribution in [1.29, 1.82) is 0 Å². The van der Waals surface area contributed by atoms with Crippen LogP contribution in [0.4, 0.5) is 0 Å². The third kappa shape index (κ3) is 0.410. The van der Waals surface area contributed by atoms with Gasteiger partial charge in [-0.2, -0.15) is 0 Å². The van der Waals surface area contributed by atoms with E-state index in [1.807, 2.05) is 0 Å². The highest BCUT2D eigenvalue weighted by atomic mass is 15.7. The minimum atomic E-state index is 0.694. The molecule has 31 saturated carbocycles. The second-order valence-corrected chi connectivity index (χ2v) is 32.8. The molecule has 0 heteroatoms. The van der Waals surface area contributed by atoms with Crippen LogP contribution in [0.15, 0.2) is 0 Å². The largest absolute Gasteiger partial charge is 0.0616 e. The van der Waals surface area contributed by atoms with Crippen LogP contribution in [0.3, 0.4) is 0 Å². The summed E-state index contributed by atoms with van der Waals surface area (Å²) in [5.41, 5.74) is 25.0. The van der Waals surface area contributed by atoms with Gasteiger partial charge in [-0.3, -0.25) is 0 Å². The van der Waals surface area contributed by atoms with Crippen LogP contribution in [0.5, 0.6) is 0 Å². The van der Waals surface area contributed by atoms with Gasteiger partial charge >= 0.3 is 0 Å². The van der Waals surface area contributed by atoms with Crippen LogP contribution in [0.2, 0.25) is 0 Å². The first-order valence-electron chi connectivity index (χ1n) is 24.8. The lowest BCUT2D eigenvalue weighted by Crippen LogP contribution is -3.68. The van der Waals surface area contributed by atoms with Crippen molar-refractivity contribution in [2.75, 3.05) is 0 Å². The summed E-state index contributed by atoms with van der Waals surface area (Å²) >= 11 is 0. The molecule has 42 unspecified atom stereocenters. The quantitative estimate of drug-likeness (QED) is 0.265. The van der Waals surface area contributed by atoms with Gasteiger partial charge in [-0.25, -0.2) is 0 Å². The van der Waals surface area contributed by atoms with Crippen molar-refractivity contribution in [1.82, 2.24) is 0 Å². The molecule has 0 aromatic heterocycles. The molecular formula is C52H44. The Balaban J connectivity index is 0.920. The molecule has 0 N–H and O–H groups in total. The van der Waals surface area contributed by atoms with Gasteiger partial charge in [0.05, 0.1) is 0 Å². The van der Waals surface area contributed by atoms with Gasteiger partial charge in [-0.15, -0.1) is 0 Å². The van der Waals surface area contributed by atoms with E-state index < -0.39 is 0 Å². The highest BCUT2D eigenvalue weighted by molar-refractivity contribution is 6.15. The fourth-order valence-electron chi connectivity index (χ4n) is 54.2. The van der Waals surface area contributed by atoms with Gasteiger partial charge in [-0.1, -0.05) is 69.2 Å². The van der Waals surface area contributed by atoms with Crippen molar-refractivity contribution < 1.29 is 0 Å². The first-order chi connectivity index (χ1) is 24.8. The maximum atomic E-state index is 3.19. The Morgan fingerprint density at radius 1 is 0.212 bits per heavy atom. The molecule has 0 aromatic rings. The maximum Gasteiger partial charge on any atom is -0.000371 e. The van der Waals surface area contributed by atoms with E-state index in [1.165, 1.54) is 71.0 Å². The lowest BCUT2D eigenvalue weighted by molar-refractivity contribution is -1.24. The van der Waals surface area contributed by atoms with Gasteiger partial charge < -0.3 is 0 Å². The third-order valence-electron chi connectivity index (χ3n) is 44.1. The summed E-state index contributed by atoms with van der Waals surface area (Å²) in [5, 5.41) is 0. The SMILES string of the molecule is CC1C2C3C4C5C6C7C8C9C%10C%11C%12C%13C(C)C%14(C)C%15(C)C%16(C)C1(C)C21C32C43C54C65C7(C)C6(C)C7(C)C8(C)C98C%109C%11%10C%12%11C%13%14C%15%12C%161C21C%11%12C%102C9%10C78C65C4%10C312. The molecule has 42 atom stereocenters. The fourth-order valence-corrected chi connectivity index (χ4v) is 54.2. The molecule has 20 spiro atoms. The molecule has 0 amide bonds. The third-order valence-corrected chi connectivity index (χ3v) is 44.1. The fraction of sp³-hybridized carbons (Fsp3) is 1.00. The highest BCUT2D eigenvalue weighted by Gasteiger charge is 3.71. The van der Waals surface area contributed by atoms with E-state index in [-0.39, 0.29) is 0 Å². The smallest absolute Gasteiger partial charge is 0.000371 e. The van der Waals surface area contributed by atoms with Gasteiger partial charge in [0.15, 0.2) is 0 Å². The molecule has 31 aliphatic rings. The van der Waals surface area contributed by atoms with Crippen LogP contribution in [0.1, 0.15) is 69.2 Å². The number of hydrogen-bond donors (Lipinski definition) is 0. The monoisotopic (exact) mass is 668 g/mol. The Bertz CT molecular complexity index is 3030. The van der Waals surface area contributed by atoms with E-state index in [4.69, 9.17) is 0 Å². The van der Waals surface area contributed by atoms with E-state index in [9.17, 15) is 0 Å². The van der Waals surface area contributed by atoms with Crippen molar-refractivity contribution in [2.24, 2.45) is 234 Å². The standard InChI is InChI=1S/C52H44/c1-11-13-17-21-23-19-15-16-20-24-22-18-14-12(2)26(4)30(8)29(7)25(11,3)33(13)37(17)41(21)39(23)35(19)27(15,5)31(9)32(10)28(16,6)36(20)40(24)42(22)38(18)34(14,26)44(30)43(29,33)47(37)48(38,44)52(42)50(40)46(32,36)45(31,35)49(39,50)51(41,47)52/h11-24H,1-10H3. The molecule has 31 rings (SSSR count). The van der Waals surface area contributed by atoms with Gasteiger partial charge in [0.1, 0.15) is 0 Å². The first-order valence-corrected chi connectivity index (χ1v) is 24.8. The number of hydrogen-bond acceptors (Lipinski definition) is 0. The maximum absolute atomic E-state index is 3.19. The first kappa shape index (κ1) is 20.1. The Labute approximate surface area is 302 Å². The number of fused-ring (bicyclic) bond motifs is 14. The molecule has 0 nitrogen and oxygen atoms in total. The van der Waals surface area contributed by atoms with Gasteiger partial charge in [0, 0.05) is 0 Å². The van der Waals surface area contributed by atoms with E-state index in [0.717, 1.165) is 142 Å². The Hall–Kier alpha value is 0. The molecule has 31 fully saturated rings. The summed E-state index contributed by atoms with van der Waals surface area (Å²) in [7, 11) is 0. The minimum Gasteiger partial charge on any atom is -0.0616 e. The lowest BCUT2D eigenvalue weighted by atomic mass is 8.33. The van der Waals surface area contributed by atoms with Crippen molar-refractivity contribution in [3.05, 3.63) is 0 Å². The second-order valence-electron chi connectivity index (χ2n) is 32.8. The number of rotatable bonds is 0. The predicted octanol–water partition coefficient (Wildman–Crippen LogP) is 6.85. The van der Waals surface area contributed by atoms with E-state index >= 15 is 0 Å². The van der Waals surface area contributed by atoms with Crippen LogP contribution in [0.25, 0.3) is 0 Å². The summed E-state index contributed by atoms with van der Waals surface area (Å²) in [4.78, 5) is 0. The molecular weight excluding hydrogens is 625 g/mol.